The summed E-state index contributed by atoms with van der Waals surface area (Å²) in [5.41, 5.74) is -0.793. The summed E-state index contributed by atoms with van der Waals surface area (Å²) in [6.45, 7) is 10.0. The fourth-order valence-electron chi connectivity index (χ4n) is 1.48. The molecule has 0 fully saturated rings. The second-order valence-corrected chi connectivity index (χ2v) is 5.04. The summed E-state index contributed by atoms with van der Waals surface area (Å²) < 4.78 is 5.71. The van der Waals surface area contributed by atoms with Crippen molar-refractivity contribution in [3.05, 3.63) is 0 Å². The van der Waals surface area contributed by atoms with Crippen LogP contribution in [0.2, 0.25) is 0 Å². The summed E-state index contributed by atoms with van der Waals surface area (Å²) >= 11 is 0. The predicted molar refractivity (Wildman–Crippen MR) is 69.0 cm³/mol. The van der Waals surface area contributed by atoms with E-state index in [0.717, 1.165) is 12.8 Å². The lowest BCUT2D eigenvalue weighted by atomic mass is 9.93. The molecule has 0 bridgehead atoms. The lowest BCUT2D eigenvalue weighted by molar-refractivity contribution is -0.145. The highest BCUT2D eigenvalue weighted by atomic mass is 16.5. The normalized spacial score (nSPS) is 16.3. The Morgan fingerprint density at radius 3 is 2.29 bits per heavy atom. The Labute approximate surface area is 105 Å². The van der Waals surface area contributed by atoms with E-state index < -0.39 is 5.60 Å². The van der Waals surface area contributed by atoms with E-state index in [1.54, 1.807) is 6.92 Å². The number of ether oxygens (including phenoxy) is 1. The number of carbonyl (C=O) groups is 2. The van der Waals surface area contributed by atoms with Gasteiger partial charge in [-0.3, -0.25) is 9.59 Å². The number of rotatable bonds is 9. The van der Waals surface area contributed by atoms with Gasteiger partial charge in [0.1, 0.15) is 11.4 Å². The average molecular weight is 242 g/mol. The second kappa shape index (κ2) is 7.59. The van der Waals surface area contributed by atoms with Gasteiger partial charge in [-0.05, 0) is 32.6 Å². The highest BCUT2D eigenvalue weighted by Gasteiger charge is 2.32. The van der Waals surface area contributed by atoms with Gasteiger partial charge in [0.05, 0.1) is 6.42 Å². The molecule has 17 heavy (non-hydrogen) atoms. The van der Waals surface area contributed by atoms with E-state index >= 15 is 0 Å². The third-order valence-corrected chi connectivity index (χ3v) is 3.40. The van der Waals surface area contributed by atoms with Gasteiger partial charge >= 0.3 is 0 Å². The van der Waals surface area contributed by atoms with Gasteiger partial charge in [-0.25, -0.2) is 0 Å². The first-order chi connectivity index (χ1) is 7.85. The maximum atomic E-state index is 11.9. The topological polar surface area (TPSA) is 43.4 Å². The number of Topliss-reactive ketones (excluding diaryl/α,β-unsaturated/α-hetero) is 2. The molecule has 0 amide bonds. The Morgan fingerprint density at radius 2 is 1.88 bits per heavy atom. The van der Waals surface area contributed by atoms with Crippen LogP contribution in [0.15, 0.2) is 0 Å². The molecule has 0 aliphatic rings. The van der Waals surface area contributed by atoms with E-state index in [-0.39, 0.29) is 18.0 Å². The molecule has 0 aliphatic heterocycles. The fraction of sp³-hybridized carbons (Fsp3) is 0.857. The van der Waals surface area contributed by atoms with Crippen molar-refractivity contribution in [1.29, 1.82) is 0 Å². The molecule has 0 aromatic rings. The van der Waals surface area contributed by atoms with E-state index in [1.165, 1.54) is 6.92 Å². The molecule has 3 nitrogen and oxygen atoms in total. The molecule has 100 valence electrons. The average Bonchev–Trinajstić information content (AvgIpc) is 2.27. The number of ketones is 2. The van der Waals surface area contributed by atoms with Crippen LogP contribution in [-0.4, -0.2) is 23.8 Å². The van der Waals surface area contributed by atoms with Crippen molar-refractivity contribution in [3.63, 3.8) is 0 Å². The van der Waals surface area contributed by atoms with Gasteiger partial charge in [0, 0.05) is 6.61 Å². The molecule has 0 saturated carbocycles. The van der Waals surface area contributed by atoms with Crippen LogP contribution in [0.5, 0.6) is 0 Å². The van der Waals surface area contributed by atoms with Crippen LogP contribution in [0, 0.1) is 5.92 Å². The molecule has 0 spiro atoms. The van der Waals surface area contributed by atoms with Crippen molar-refractivity contribution in [2.24, 2.45) is 5.92 Å². The summed E-state index contributed by atoms with van der Waals surface area (Å²) in [4.78, 5) is 22.9. The summed E-state index contributed by atoms with van der Waals surface area (Å²) in [6.07, 6.45) is 2.67. The molecule has 0 saturated heterocycles. The molecule has 0 heterocycles. The van der Waals surface area contributed by atoms with Crippen LogP contribution >= 0.6 is 0 Å². The third-order valence-electron chi connectivity index (χ3n) is 3.40. The van der Waals surface area contributed by atoms with E-state index in [1.807, 2.05) is 6.92 Å². The Hall–Kier alpha value is -0.700. The van der Waals surface area contributed by atoms with Gasteiger partial charge < -0.3 is 4.74 Å². The summed E-state index contributed by atoms with van der Waals surface area (Å²) in [5.74, 6) is 0.413. The zero-order chi connectivity index (χ0) is 13.5. The molecule has 0 aromatic carbocycles. The van der Waals surface area contributed by atoms with Gasteiger partial charge in [-0.15, -0.1) is 0 Å². The van der Waals surface area contributed by atoms with Crippen LogP contribution < -0.4 is 0 Å². The Bertz CT molecular complexity index is 260. The van der Waals surface area contributed by atoms with Crippen molar-refractivity contribution in [2.75, 3.05) is 6.61 Å². The lowest BCUT2D eigenvalue weighted by Crippen LogP contribution is -2.39. The monoisotopic (exact) mass is 242 g/mol. The Kier molecular flexibility index (Phi) is 7.28. The largest absolute Gasteiger partial charge is 0.367 e. The number of hydrogen-bond donors (Lipinski definition) is 0. The van der Waals surface area contributed by atoms with E-state index in [2.05, 4.69) is 13.8 Å². The predicted octanol–water partition coefficient (Wildman–Crippen LogP) is 3.16. The zero-order valence-electron chi connectivity index (χ0n) is 11.8. The molecule has 0 N–H and O–H groups in total. The first-order valence-electron chi connectivity index (χ1n) is 6.52. The Balaban J connectivity index is 4.27. The van der Waals surface area contributed by atoms with Crippen molar-refractivity contribution in [3.8, 4) is 0 Å². The third kappa shape index (κ3) is 5.97. The highest BCUT2D eigenvalue weighted by Crippen LogP contribution is 2.20. The lowest BCUT2D eigenvalue weighted by Gasteiger charge is -2.27. The van der Waals surface area contributed by atoms with Gasteiger partial charge in [0.15, 0.2) is 5.78 Å². The fourth-order valence-corrected chi connectivity index (χ4v) is 1.48. The standard InChI is InChI=1S/C14H26O3/c1-6-11(3)8-9-17-14(5,7-2)13(16)10-12(4)15/h11H,6-10H2,1-5H3. The van der Waals surface area contributed by atoms with Gasteiger partial charge in [-0.2, -0.15) is 0 Å². The minimum Gasteiger partial charge on any atom is -0.367 e. The minimum atomic E-state index is -0.793. The first kappa shape index (κ1) is 16.3. The van der Waals surface area contributed by atoms with E-state index in [0.29, 0.717) is 18.9 Å². The van der Waals surface area contributed by atoms with Gasteiger partial charge in [-0.1, -0.05) is 27.2 Å². The van der Waals surface area contributed by atoms with Crippen LogP contribution in [0.25, 0.3) is 0 Å². The summed E-state index contributed by atoms with van der Waals surface area (Å²) in [7, 11) is 0. The number of carbonyl (C=O) groups excluding carboxylic acids is 2. The molecule has 0 rings (SSSR count). The first-order valence-corrected chi connectivity index (χ1v) is 6.52. The molecular weight excluding hydrogens is 216 g/mol. The SMILES string of the molecule is CCC(C)CCOC(C)(CC)C(=O)CC(C)=O. The quantitative estimate of drug-likeness (QED) is 0.583. The molecule has 3 heteroatoms. The van der Waals surface area contributed by atoms with Gasteiger partial charge in [0.25, 0.3) is 0 Å². The van der Waals surface area contributed by atoms with Crippen LogP contribution in [0.3, 0.4) is 0 Å². The van der Waals surface area contributed by atoms with Crippen molar-refractivity contribution in [2.45, 2.75) is 65.9 Å². The maximum Gasteiger partial charge on any atom is 0.171 e. The van der Waals surface area contributed by atoms with Crippen LogP contribution in [0.1, 0.15) is 60.3 Å². The van der Waals surface area contributed by atoms with Crippen molar-refractivity contribution < 1.29 is 14.3 Å². The zero-order valence-corrected chi connectivity index (χ0v) is 11.8. The maximum absolute atomic E-state index is 11.9. The molecule has 0 aromatic heterocycles. The second-order valence-electron chi connectivity index (χ2n) is 5.04. The molecule has 0 aliphatic carbocycles. The van der Waals surface area contributed by atoms with Gasteiger partial charge in [0.2, 0.25) is 0 Å². The minimum absolute atomic E-state index is 0.0202. The molecule has 2 unspecified atom stereocenters. The smallest absolute Gasteiger partial charge is 0.171 e. The summed E-state index contributed by atoms with van der Waals surface area (Å²) in [5, 5.41) is 0. The number of hydrogen-bond acceptors (Lipinski definition) is 3. The summed E-state index contributed by atoms with van der Waals surface area (Å²) in [6, 6.07) is 0. The molecular formula is C14H26O3. The Morgan fingerprint density at radius 1 is 1.29 bits per heavy atom. The van der Waals surface area contributed by atoms with E-state index in [4.69, 9.17) is 4.74 Å². The highest BCUT2D eigenvalue weighted by molar-refractivity contribution is 6.01. The van der Waals surface area contributed by atoms with Crippen LogP contribution in [0.4, 0.5) is 0 Å². The van der Waals surface area contributed by atoms with E-state index in [9.17, 15) is 9.59 Å². The molecule has 2 atom stereocenters. The van der Waals surface area contributed by atoms with Crippen LogP contribution in [-0.2, 0) is 14.3 Å². The van der Waals surface area contributed by atoms with Crippen molar-refractivity contribution in [1.82, 2.24) is 0 Å². The molecule has 0 radical (unpaired) electrons. The van der Waals surface area contributed by atoms with Crippen molar-refractivity contribution >= 4 is 11.6 Å².